The molecule has 1 rings (SSSR count). The third kappa shape index (κ3) is 40.4. The maximum absolute atomic E-state index is 13.1. The van der Waals surface area contributed by atoms with Gasteiger partial charge in [-0.25, -0.2) is 4.79 Å². The van der Waals surface area contributed by atoms with Gasteiger partial charge in [-0.3, -0.25) is 14.4 Å². The van der Waals surface area contributed by atoms with Crippen molar-refractivity contribution in [3.63, 3.8) is 0 Å². The minimum atomic E-state index is -1.90. The van der Waals surface area contributed by atoms with E-state index >= 15 is 0 Å². The second kappa shape index (κ2) is 50.3. The SMILES string of the molecule is CCCCCC/C=C\CCCCCCCC(=O)OC(COC(=O)CCCCCCCCCCCCCCCCCCCCC)COC1OC(C(=O)O)C(O)C(O)C1OC(=O)CCCCCCCCCCCCC. The first kappa shape index (κ1) is 68.5. The number of esters is 3. The average Bonchev–Trinajstić information content (AvgIpc) is 3.37. The number of aliphatic hydroxyl groups is 2. The van der Waals surface area contributed by atoms with E-state index in [0.717, 1.165) is 83.5 Å². The van der Waals surface area contributed by atoms with Gasteiger partial charge < -0.3 is 39.0 Å². The van der Waals surface area contributed by atoms with Crippen LogP contribution in [0.1, 0.15) is 303 Å². The van der Waals surface area contributed by atoms with Gasteiger partial charge in [0.15, 0.2) is 24.6 Å². The molecule has 0 spiro atoms. The molecule has 1 aliphatic heterocycles. The minimum Gasteiger partial charge on any atom is -0.479 e. The number of hydrogen-bond donors (Lipinski definition) is 3. The second-order valence-corrected chi connectivity index (χ2v) is 21.4. The Morgan fingerprint density at radius 1 is 0.438 bits per heavy atom. The molecular weight excluding hydrogens is 925 g/mol. The largest absolute Gasteiger partial charge is 0.479 e. The summed E-state index contributed by atoms with van der Waals surface area (Å²) in [5.41, 5.74) is 0. The Morgan fingerprint density at radius 3 is 1.18 bits per heavy atom. The van der Waals surface area contributed by atoms with Crippen LogP contribution in [0.25, 0.3) is 0 Å². The molecule has 1 heterocycles. The van der Waals surface area contributed by atoms with Crippen molar-refractivity contribution in [2.45, 2.75) is 340 Å². The van der Waals surface area contributed by atoms with Crippen molar-refractivity contribution in [3.05, 3.63) is 12.2 Å². The molecule has 0 radical (unpaired) electrons. The van der Waals surface area contributed by atoms with E-state index in [0.29, 0.717) is 19.3 Å². The summed E-state index contributed by atoms with van der Waals surface area (Å²) in [7, 11) is 0. The Kier molecular flexibility index (Phi) is 47.2. The maximum atomic E-state index is 13.1. The van der Waals surface area contributed by atoms with Crippen molar-refractivity contribution in [1.29, 1.82) is 0 Å². The average molecular weight is 1040 g/mol. The first-order valence-corrected chi connectivity index (χ1v) is 30.7. The van der Waals surface area contributed by atoms with Gasteiger partial charge in [-0.2, -0.15) is 0 Å². The van der Waals surface area contributed by atoms with Gasteiger partial charge >= 0.3 is 23.9 Å². The van der Waals surface area contributed by atoms with Crippen molar-refractivity contribution in [2.24, 2.45) is 0 Å². The molecule has 1 aliphatic rings. The number of carbonyl (C=O) groups is 4. The van der Waals surface area contributed by atoms with Crippen LogP contribution in [0.3, 0.4) is 0 Å². The molecule has 6 atom stereocenters. The van der Waals surface area contributed by atoms with Gasteiger partial charge in [0.05, 0.1) is 6.61 Å². The number of hydrogen-bond acceptors (Lipinski definition) is 11. The highest BCUT2D eigenvalue weighted by molar-refractivity contribution is 5.74. The number of aliphatic hydroxyl groups excluding tert-OH is 2. The van der Waals surface area contributed by atoms with Crippen LogP contribution in [0.2, 0.25) is 0 Å². The van der Waals surface area contributed by atoms with Crippen LogP contribution in [0.15, 0.2) is 12.2 Å². The number of allylic oxidation sites excluding steroid dienone is 2. The first-order valence-electron chi connectivity index (χ1n) is 30.7. The van der Waals surface area contributed by atoms with Crippen molar-refractivity contribution in [1.82, 2.24) is 0 Å². The highest BCUT2D eigenvalue weighted by atomic mass is 16.7. The van der Waals surface area contributed by atoms with E-state index in [2.05, 4.69) is 32.9 Å². The standard InChI is InChI=1S/C61H112O12/c1-4-7-10-13-16-19-22-24-25-26-27-28-29-31-33-35-38-41-44-47-53(62)69-50-52(71-54(63)48-45-42-39-37-34-30-23-20-17-14-11-8-5-2)51-70-61-59(57(66)56(65)58(73-61)60(67)68)72-55(64)49-46-43-40-36-32-21-18-15-12-9-6-3/h20,23,52,56-59,61,65-66H,4-19,21-22,24-51H2,1-3H3,(H,67,68)/b23-20-. The van der Waals surface area contributed by atoms with Crippen molar-refractivity contribution in [3.8, 4) is 0 Å². The minimum absolute atomic E-state index is 0.0668. The maximum Gasteiger partial charge on any atom is 0.335 e. The summed E-state index contributed by atoms with van der Waals surface area (Å²) >= 11 is 0. The zero-order valence-corrected chi connectivity index (χ0v) is 47.2. The van der Waals surface area contributed by atoms with Crippen LogP contribution in [0.4, 0.5) is 0 Å². The molecule has 0 aromatic heterocycles. The van der Waals surface area contributed by atoms with Crippen molar-refractivity contribution in [2.75, 3.05) is 13.2 Å². The Bertz CT molecular complexity index is 1320. The zero-order valence-electron chi connectivity index (χ0n) is 47.2. The highest BCUT2D eigenvalue weighted by Crippen LogP contribution is 2.27. The third-order valence-electron chi connectivity index (χ3n) is 14.3. The van der Waals surface area contributed by atoms with Crippen LogP contribution in [-0.4, -0.2) is 89.2 Å². The van der Waals surface area contributed by atoms with Gasteiger partial charge in [0.25, 0.3) is 0 Å². The molecule has 428 valence electrons. The summed E-state index contributed by atoms with van der Waals surface area (Å²) in [4.78, 5) is 51.1. The first-order chi connectivity index (χ1) is 35.6. The van der Waals surface area contributed by atoms with Gasteiger partial charge in [0.1, 0.15) is 18.8 Å². The van der Waals surface area contributed by atoms with E-state index in [4.69, 9.17) is 23.7 Å². The fourth-order valence-corrected chi connectivity index (χ4v) is 9.60. The molecule has 1 fully saturated rings. The predicted octanol–water partition coefficient (Wildman–Crippen LogP) is 15.7. The molecule has 3 N–H and O–H groups in total. The van der Waals surface area contributed by atoms with Crippen LogP contribution >= 0.6 is 0 Å². The molecule has 6 unspecified atom stereocenters. The Labute approximate surface area is 446 Å². The summed E-state index contributed by atoms with van der Waals surface area (Å²) in [6.45, 7) is 6.00. The normalized spacial score (nSPS) is 18.3. The summed E-state index contributed by atoms with van der Waals surface area (Å²) in [6.07, 6.45) is 43.3. The summed E-state index contributed by atoms with van der Waals surface area (Å²) in [6, 6.07) is 0. The Hall–Kier alpha value is -2.54. The quantitative estimate of drug-likeness (QED) is 0.0228. The van der Waals surface area contributed by atoms with E-state index < -0.39 is 67.3 Å². The van der Waals surface area contributed by atoms with E-state index in [9.17, 15) is 34.5 Å². The van der Waals surface area contributed by atoms with Crippen LogP contribution in [0, 0.1) is 0 Å². The number of unbranched alkanes of at least 4 members (excludes halogenated alkanes) is 37. The van der Waals surface area contributed by atoms with Gasteiger partial charge in [0, 0.05) is 19.3 Å². The smallest absolute Gasteiger partial charge is 0.335 e. The number of ether oxygens (including phenoxy) is 5. The van der Waals surface area contributed by atoms with Crippen molar-refractivity contribution < 1.29 is 58.2 Å². The number of carbonyl (C=O) groups excluding carboxylic acids is 3. The third-order valence-corrected chi connectivity index (χ3v) is 14.3. The molecule has 12 nitrogen and oxygen atoms in total. The predicted molar refractivity (Wildman–Crippen MR) is 294 cm³/mol. The summed E-state index contributed by atoms with van der Waals surface area (Å²) in [5.74, 6) is -3.09. The fourth-order valence-electron chi connectivity index (χ4n) is 9.60. The molecule has 73 heavy (non-hydrogen) atoms. The molecule has 0 amide bonds. The lowest BCUT2D eigenvalue weighted by molar-refractivity contribution is -0.301. The number of rotatable bonds is 53. The molecule has 12 heteroatoms. The summed E-state index contributed by atoms with van der Waals surface area (Å²) < 4.78 is 28.4. The van der Waals surface area contributed by atoms with E-state index in [-0.39, 0.29) is 25.9 Å². The lowest BCUT2D eigenvalue weighted by atomic mass is 9.98. The van der Waals surface area contributed by atoms with Gasteiger partial charge in [-0.15, -0.1) is 0 Å². The Balaban J connectivity index is 2.63. The van der Waals surface area contributed by atoms with E-state index in [1.54, 1.807) is 0 Å². The van der Waals surface area contributed by atoms with Crippen LogP contribution in [-0.2, 0) is 42.9 Å². The fraction of sp³-hybridized carbons (Fsp3) is 0.902. The molecule has 0 aliphatic carbocycles. The van der Waals surface area contributed by atoms with Gasteiger partial charge in [0.2, 0.25) is 0 Å². The van der Waals surface area contributed by atoms with E-state index in [1.807, 2.05) is 0 Å². The van der Waals surface area contributed by atoms with Gasteiger partial charge in [-0.05, 0) is 44.9 Å². The number of aliphatic carboxylic acids is 1. The van der Waals surface area contributed by atoms with Crippen molar-refractivity contribution >= 4 is 23.9 Å². The molecular formula is C61H112O12. The molecule has 0 bridgehead atoms. The lowest BCUT2D eigenvalue weighted by Crippen LogP contribution is -2.61. The Morgan fingerprint density at radius 2 is 0.781 bits per heavy atom. The number of carboxylic acid groups (broad SMARTS) is 1. The zero-order chi connectivity index (χ0) is 53.3. The van der Waals surface area contributed by atoms with Crippen LogP contribution < -0.4 is 0 Å². The molecule has 0 saturated carbocycles. The van der Waals surface area contributed by atoms with Gasteiger partial charge in [-0.1, -0.05) is 251 Å². The summed E-state index contributed by atoms with van der Waals surface area (Å²) in [5, 5.41) is 31.4. The molecule has 0 aromatic carbocycles. The van der Waals surface area contributed by atoms with Crippen LogP contribution in [0.5, 0.6) is 0 Å². The second-order valence-electron chi connectivity index (χ2n) is 21.4. The monoisotopic (exact) mass is 1040 g/mol. The number of carboxylic acids is 1. The highest BCUT2D eigenvalue weighted by Gasteiger charge is 2.50. The molecule has 1 saturated heterocycles. The lowest BCUT2D eigenvalue weighted by Gasteiger charge is -2.40. The molecule has 0 aromatic rings. The topological polar surface area (TPSA) is 175 Å². The van der Waals surface area contributed by atoms with E-state index in [1.165, 1.54) is 161 Å².